The average molecular weight is 445 g/mol. The zero-order chi connectivity index (χ0) is 23.8. The van der Waals surface area contributed by atoms with Crippen LogP contribution in [-0.2, 0) is 14.3 Å². The Labute approximate surface area is 190 Å². The van der Waals surface area contributed by atoms with Crippen molar-refractivity contribution in [3.05, 3.63) is 71.9 Å². The van der Waals surface area contributed by atoms with Gasteiger partial charge >= 0.3 is 5.97 Å². The summed E-state index contributed by atoms with van der Waals surface area (Å²) in [6.45, 7) is 4.29. The number of hydrogen-bond acceptors (Lipinski definition) is 6. The fourth-order valence-electron chi connectivity index (χ4n) is 3.72. The number of benzene rings is 2. The zero-order valence-electron chi connectivity index (χ0n) is 18.6. The molecule has 3 amide bonds. The molecule has 1 aliphatic heterocycles. The molecule has 33 heavy (non-hydrogen) atoms. The monoisotopic (exact) mass is 445 g/mol. The number of pyridine rings is 1. The molecule has 0 spiro atoms. The molecule has 0 aliphatic carbocycles. The van der Waals surface area contributed by atoms with E-state index in [0.29, 0.717) is 11.2 Å². The van der Waals surface area contributed by atoms with Crippen LogP contribution in [0, 0.1) is 0 Å². The van der Waals surface area contributed by atoms with Crippen LogP contribution in [0.15, 0.2) is 60.8 Å². The molecule has 2 heterocycles. The zero-order valence-corrected chi connectivity index (χ0v) is 18.6. The van der Waals surface area contributed by atoms with Crippen LogP contribution < -0.4 is 4.90 Å². The summed E-state index contributed by atoms with van der Waals surface area (Å²) >= 11 is 0. The van der Waals surface area contributed by atoms with Gasteiger partial charge in [-0.25, -0.2) is 0 Å². The number of anilines is 1. The summed E-state index contributed by atoms with van der Waals surface area (Å²) in [4.78, 5) is 58.1. The second-order valence-electron chi connectivity index (χ2n) is 8.66. The lowest BCUT2D eigenvalue weighted by molar-refractivity contribution is -0.153. The van der Waals surface area contributed by atoms with E-state index in [-0.39, 0.29) is 11.1 Å². The third kappa shape index (κ3) is 4.45. The molecule has 3 aromatic rings. The molecule has 0 bridgehead atoms. The van der Waals surface area contributed by atoms with Crippen molar-refractivity contribution >= 4 is 40.3 Å². The molecule has 1 aliphatic rings. The number of aromatic nitrogens is 1. The first-order chi connectivity index (χ1) is 15.7. The van der Waals surface area contributed by atoms with Crippen LogP contribution in [-0.4, -0.2) is 52.3 Å². The lowest BCUT2D eigenvalue weighted by Crippen LogP contribution is -2.45. The van der Waals surface area contributed by atoms with Crippen molar-refractivity contribution in [2.45, 2.75) is 26.4 Å². The van der Waals surface area contributed by atoms with E-state index >= 15 is 0 Å². The molecule has 8 nitrogen and oxygen atoms in total. The fraction of sp³-hybridized carbons (Fsp3) is 0.240. The molecular weight excluding hydrogens is 422 g/mol. The first-order valence-corrected chi connectivity index (χ1v) is 10.5. The number of nitrogens with zero attached hydrogens (tertiary/aromatic N) is 3. The van der Waals surface area contributed by atoms with Crippen molar-refractivity contribution in [1.29, 1.82) is 0 Å². The summed E-state index contributed by atoms with van der Waals surface area (Å²) in [6.07, 6.45) is 1.59. The third-order valence-corrected chi connectivity index (χ3v) is 5.08. The van der Waals surface area contributed by atoms with Gasteiger partial charge in [0.2, 0.25) is 5.91 Å². The predicted molar refractivity (Wildman–Crippen MR) is 122 cm³/mol. The van der Waals surface area contributed by atoms with E-state index in [0.717, 1.165) is 10.3 Å². The van der Waals surface area contributed by atoms with Gasteiger partial charge in [0.1, 0.15) is 18.7 Å². The molecule has 0 N–H and O–H groups in total. The van der Waals surface area contributed by atoms with Crippen molar-refractivity contribution in [3.8, 4) is 0 Å². The Morgan fingerprint density at radius 3 is 2.21 bits per heavy atom. The lowest BCUT2D eigenvalue weighted by Gasteiger charge is -2.27. The second kappa shape index (κ2) is 8.46. The van der Waals surface area contributed by atoms with Crippen LogP contribution >= 0.6 is 0 Å². The summed E-state index contributed by atoms with van der Waals surface area (Å²) in [5, 5.41) is 0.776. The summed E-state index contributed by atoms with van der Waals surface area (Å²) in [5.74, 6) is -2.31. The number of carbonyl (C=O) groups is 4. The van der Waals surface area contributed by atoms with Crippen LogP contribution in [0.25, 0.3) is 10.9 Å². The molecule has 0 fully saturated rings. The molecular formula is C25H23N3O5. The minimum absolute atomic E-state index is 0.251. The number of rotatable bonds is 5. The van der Waals surface area contributed by atoms with Gasteiger partial charge in [-0.15, -0.1) is 0 Å². The number of hydrogen-bond donors (Lipinski definition) is 0. The van der Waals surface area contributed by atoms with E-state index in [2.05, 4.69) is 4.98 Å². The van der Waals surface area contributed by atoms with Crippen molar-refractivity contribution in [2.24, 2.45) is 0 Å². The van der Waals surface area contributed by atoms with E-state index in [1.54, 1.807) is 69.4 Å². The normalized spacial score (nSPS) is 13.2. The van der Waals surface area contributed by atoms with Gasteiger partial charge in [0.05, 0.1) is 22.3 Å². The van der Waals surface area contributed by atoms with E-state index in [9.17, 15) is 19.2 Å². The summed E-state index contributed by atoms with van der Waals surface area (Å²) in [5.41, 5.74) is 0.659. The molecule has 1 aromatic heterocycles. The van der Waals surface area contributed by atoms with Crippen LogP contribution in [0.2, 0.25) is 0 Å². The lowest BCUT2D eigenvalue weighted by atomic mass is 10.1. The Morgan fingerprint density at radius 2 is 1.58 bits per heavy atom. The summed E-state index contributed by atoms with van der Waals surface area (Å²) in [7, 11) is 0. The predicted octanol–water partition coefficient (Wildman–Crippen LogP) is 3.21. The van der Waals surface area contributed by atoms with Gasteiger partial charge in [-0.2, -0.15) is 0 Å². The quantitative estimate of drug-likeness (QED) is 0.442. The fourth-order valence-corrected chi connectivity index (χ4v) is 3.72. The standard InChI is InChI=1S/C25H23N3O5/c1-25(2,3)33-21(30)15-27(19-12-6-8-16-9-7-13-26-22(16)19)20(29)14-28-23(31)17-10-4-5-11-18(17)24(28)32/h4-13H,14-15H2,1-3H3. The third-order valence-electron chi connectivity index (χ3n) is 5.08. The van der Waals surface area contributed by atoms with Gasteiger partial charge in [-0.05, 0) is 45.0 Å². The largest absolute Gasteiger partial charge is 0.459 e. The van der Waals surface area contributed by atoms with Crippen molar-refractivity contribution in [2.75, 3.05) is 18.0 Å². The second-order valence-corrected chi connectivity index (χ2v) is 8.66. The van der Waals surface area contributed by atoms with Gasteiger partial charge in [-0.3, -0.25) is 34.0 Å². The Kier molecular flexibility index (Phi) is 5.68. The topological polar surface area (TPSA) is 96.9 Å². The Bertz CT molecular complexity index is 1240. The van der Waals surface area contributed by atoms with Crippen molar-refractivity contribution in [3.63, 3.8) is 0 Å². The molecule has 168 valence electrons. The molecule has 8 heteroatoms. The maximum absolute atomic E-state index is 13.4. The molecule has 4 rings (SSSR count). The highest BCUT2D eigenvalue weighted by Gasteiger charge is 2.38. The number of amides is 3. The highest BCUT2D eigenvalue weighted by molar-refractivity contribution is 6.23. The van der Waals surface area contributed by atoms with Crippen molar-refractivity contribution in [1.82, 2.24) is 9.88 Å². The van der Waals surface area contributed by atoms with Crippen LogP contribution in [0.3, 0.4) is 0 Å². The van der Waals surface area contributed by atoms with Crippen molar-refractivity contribution < 1.29 is 23.9 Å². The smallest absolute Gasteiger partial charge is 0.326 e. The van der Waals surface area contributed by atoms with E-state index in [1.165, 1.54) is 4.90 Å². The van der Waals surface area contributed by atoms with E-state index in [1.807, 2.05) is 12.1 Å². The van der Waals surface area contributed by atoms with Crippen LogP contribution in [0.5, 0.6) is 0 Å². The molecule has 0 saturated heterocycles. The minimum Gasteiger partial charge on any atom is -0.459 e. The number of carbonyl (C=O) groups excluding carboxylic acids is 4. The minimum atomic E-state index is -0.745. The Morgan fingerprint density at radius 1 is 0.939 bits per heavy atom. The number of ether oxygens (including phenoxy) is 1. The highest BCUT2D eigenvalue weighted by atomic mass is 16.6. The average Bonchev–Trinajstić information content (AvgIpc) is 3.01. The highest BCUT2D eigenvalue weighted by Crippen LogP contribution is 2.27. The van der Waals surface area contributed by atoms with E-state index in [4.69, 9.17) is 4.74 Å². The van der Waals surface area contributed by atoms with Gasteiger partial charge in [0.15, 0.2) is 0 Å². The van der Waals surface area contributed by atoms with Gasteiger partial charge in [-0.1, -0.05) is 30.3 Å². The van der Waals surface area contributed by atoms with Gasteiger partial charge in [0, 0.05) is 11.6 Å². The number of para-hydroxylation sites is 1. The van der Waals surface area contributed by atoms with Gasteiger partial charge < -0.3 is 4.74 Å². The first kappa shape index (κ1) is 22.1. The summed E-state index contributed by atoms with van der Waals surface area (Å²) in [6, 6.07) is 15.3. The molecule has 0 atom stereocenters. The van der Waals surface area contributed by atoms with Gasteiger partial charge in [0.25, 0.3) is 11.8 Å². The Hall–Kier alpha value is -4.07. The summed E-state index contributed by atoms with van der Waals surface area (Å²) < 4.78 is 5.41. The maximum atomic E-state index is 13.4. The van der Waals surface area contributed by atoms with E-state index < -0.39 is 42.4 Å². The first-order valence-electron chi connectivity index (χ1n) is 10.5. The Balaban J connectivity index is 1.67. The SMILES string of the molecule is CC(C)(C)OC(=O)CN(C(=O)CN1C(=O)c2ccccc2C1=O)c1cccc2cccnc12. The van der Waals surface area contributed by atoms with Crippen LogP contribution in [0.1, 0.15) is 41.5 Å². The number of fused-ring (bicyclic) bond motifs is 2. The number of esters is 1. The molecule has 0 radical (unpaired) electrons. The molecule has 0 saturated carbocycles. The maximum Gasteiger partial charge on any atom is 0.326 e. The van der Waals surface area contributed by atoms with Crippen LogP contribution in [0.4, 0.5) is 5.69 Å². The number of imide groups is 1. The molecule has 2 aromatic carbocycles. The molecule has 0 unspecified atom stereocenters.